The molecule has 1 heterocycles. The molecule has 0 saturated heterocycles. The summed E-state index contributed by atoms with van der Waals surface area (Å²) in [5, 5.41) is 2.86. The molecule has 0 aromatic carbocycles. The summed E-state index contributed by atoms with van der Waals surface area (Å²) in [5.41, 5.74) is 0. The summed E-state index contributed by atoms with van der Waals surface area (Å²) in [6.45, 7) is 3.56. The highest BCUT2D eigenvalue weighted by Gasteiger charge is 2.07. The largest absolute Gasteiger partial charge is 0.461 e. The van der Waals surface area contributed by atoms with Crippen molar-refractivity contribution < 1.29 is 9.47 Å². The first kappa shape index (κ1) is 13.4. The van der Waals surface area contributed by atoms with Gasteiger partial charge in [0.15, 0.2) is 0 Å². The van der Waals surface area contributed by atoms with Crippen molar-refractivity contribution in [3.8, 4) is 6.01 Å². The van der Waals surface area contributed by atoms with E-state index in [9.17, 15) is 0 Å². The van der Waals surface area contributed by atoms with Crippen molar-refractivity contribution in [1.29, 1.82) is 0 Å². The maximum Gasteiger partial charge on any atom is 0.323 e. The van der Waals surface area contributed by atoms with Crippen LogP contribution in [0.15, 0.2) is 0 Å². The van der Waals surface area contributed by atoms with Crippen molar-refractivity contribution in [2.24, 2.45) is 0 Å². The van der Waals surface area contributed by atoms with Crippen molar-refractivity contribution in [1.82, 2.24) is 15.0 Å². The number of anilines is 2. The third-order valence-electron chi connectivity index (χ3n) is 1.89. The zero-order valence-electron chi connectivity index (χ0n) is 10.7. The van der Waals surface area contributed by atoms with E-state index in [1.54, 1.807) is 11.9 Å². The van der Waals surface area contributed by atoms with Gasteiger partial charge in [-0.25, -0.2) is 0 Å². The molecular weight excluding hydrogens is 222 g/mol. The minimum atomic E-state index is 0.299. The Morgan fingerprint density at radius 3 is 2.53 bits per heavy atom. The molecule has 1 rings (SSSR count). The van der Waals surface area contributed by atoms with Gasteiger partial charge in [-0.15, -0.1) is 0 Å². The number of ether oxygens (including phenoxy) is 2. The first-order valence-corrected chi connectivity index (χ1v) is 5.49. The number of nitrogens with zero attached hydrogens (tertiary/aromatic N) is 4. The molecule has 1 aromatic rings. The number of nitrogens with one attached hydrogen (secondary N) is 1. The minimum Gasteiger partial charge on any atom is -0.461 e. The second-order valence-electron chi connectivity index (χ2n) is 3.43. The highest BCUT2D eigenvalue weighted by molar-refractivity contribution is 5.36. The van der Waals surface area contributed by atoms with Crippen LogP contribution >= 0.6 is 0 Å². The molecule has 0 unspecified atom stereocenters. The zero-order chi connectivity index (χ0) is 12.7. The predicted octanol–water partition coefficient (Wildman–Crippen LogP) is 0.395. The Morgan fingerprint density at radius 2 is 1.94 bits per heavy atom. The molecule has 0 saturated carbocycles. The molecule has 0 radical (unpaired) electrons. The Hall–Kier alpha value is -1.63. The van der Waals surface area contributed by atoms with Gasteiger partial charge in [0.25, 0.3) is 0 Å². The molecule has 0 aliphatic carbocycles. The number of hydrogen-bond acceptors (Lipinski definition) is 7. The minimum absolute atomic E-state index is 0.299. The monoisotopic (exact) mass is 241 g/mol. The van der Waals surface area contributed by atoms with Crippen LogP contribution in [0.2, 0.25) is 0 Å². The standard InChI is InChI=1S/C10H19N5O2/c1-5-16-6-7-17-10-13-8(11-2)12-9(14-10)15(3)4/h5-7H2,1-4H3,(H,11,12,13,14). The summed E-state index contributed by atoms with van der Waals surface area (Å²) in [4.78, 5) is 14.2. The lowest BCUT2D eigenvalue weighted by molar-refractivity contribution is 0.106. The molecule has 7 heteroatoms. The van der Waals surface area contributed by atoms with Crippen LogP contribution in [0.25, 0.3) is 0 Å². The molecule has 0 atom stereocenters. The van der Waals surface area contributed by atoms with Crippen LogP contribution < -0.4 is 15.0 Å². The van der Waals surface area contributed by atoms with Gasteiger partial charge >= 0.3 is 6.01 Å². The van der Waals surface area contributed by atoms with Crippen molar-refractivity contribution in [2.45, 2.75) is 6.92 Å². The molecule has 0 aliphatic heterocycles. The van der Waals surface area contributed by atoms with Gasteiger partial charge in [-0.3, -0.25) is 0 Å². The molecule has 17 heavy (non-hydrogen) atoms. The Labute approximate surface area is 101 Å². The second kappa shape index (κ2) is 6.85. The topological polar surface area (TPSA) is 72.4 Å². The van der Waals surface area contributed by atoms with Gasteiger partial charge in [-0.2, -0.15) is 15.0 Å². The van der Waals surface area contributed by atoms with Gasteiger partial charge in [-0.1, -0.05) is 0 Å². The first-order valence-electron chi connectivity index (χ1n) is 5.49. The van der Waals surface area contributed by atoms with Crippen LogP contribution in [-0.2, 0) is 4.74 Å². The summed E-state index contributed by atoms with van der Waals surface area (Å²) < 4.78 is 10.6. The van der Waals surface area contributed by atoms with E-state index in [1.165, 1.54) is 0 Å². The van der Waals surface area contributed by atoms with Gasteiger partial charge in [0.05, 0.1) is 6.61 Å². The van der Waals surface area contributed by atoms with E-state index in [1.807, 2.05) is 21.0 Å². The lowest BCUT2D eigenvalue weighted by Gasteiger charge is -2.12. The smallest absolute Gasteiger partial charge is 0.323 e. The third kappa shape index (κ3) is 4.39. The van der Waals surface area contributed by atoms with Crippen LogP contribution in [0, 0.1) is 0 Å². The van der Waals surface area contributed by atoms with Crippen molar-refractivity contribution >= 4 is 11.9 Å². The van der Waals surface area contributed by atoms with Crippen LogP contribution in [0.4, 0.5) is 11.9 Å². The van der Waals surface area contributed by atoms with Gasteiger partial charge in [0, 0.05) is 27.7 Å². The maximum absolute atomic E-state index is 5.39. The van der Waals surface area contributed by atoms with E-state index in [0.29, 0.717) is 37.7 Å². The molecule has 1 N–H and O–H groups in total. The fourth-order valence-corrected chi connectivity index (χ4v) is 1.06. The number of aromatic nitrogens is 3. The molecule has 0 spiro atoms. The predicted molar refractivity (Wildman–Crippen MR) is 65.7 cm³/mol. The number of rotatable bonds is 7. The van der Waals surface area contributed by atoms with Crippen molar-refractivity contribution in [2.75, 3.05) is 51.2 Å². The third-order valence-corrected chi connectivity index (χ3v) is 1.89. The fourth-order valence-electron chi connectivity index (χ4n) is 1.06. The first-order chi connectivity index (χ1) is 8.17. The Kier molecular flexibility index (Phi) is 5.41. The molecule has 0 fully saturated rings. The van der Waals surface area contributed by atoms with E-state index in [2.05, 4.69) is 20.3 Å². The summed E-state index contributed by atoms with van der Waals surface area (Å²) in [6.07, 6.45) is 0. The Morgan fingerprint density at radius 1 is 1.18 bits per heavy atom. The molecule has 0 aliphatic rings. The van der Waals surface area contributed by atoms with E-state index >= 15 is 0 Å². The van der Waals surface area contributed by atoms with Crippen LogP contribution in [0.3, 0.4) is 0 Å². The molecule has 0 amide bonds. The normalized spacial score (nSPS) is 10.1. The van der Waals surface area contributed by atoms with E-state index in [4.69, 9.17) is 9.47 Å². The molecular formula is C10H19N5O2. The van der Waals surface area contributed by atoms with Gasteiger partial charge in [-0.05, 0) is 6.92 Å². The molecule has 1 aromatic heterocycles. The lowest BCUT2D eigenvalue weighted by atomic mass is 10.7. The quantitative estimate of drug-likeness (QED) is 0.692. The molecule has 96 valence electrons. The van der Waals surface area contributed by atoms with E-state index < -0.39 is 0 Å². The zero-order valence-corrected chi connectivity index (χ0v) is 10.7. The number of hydrogen-bond donors (Lipinski definition) is 1. The molecule has 7 nitrogen and oxygen atoms in total. The second-order valence-corrected chi connectivity index (χ2v) is 3.43. The van der Waals surface area contributed by atoms with Crippen LogP contribution in [0.1, 0.15) is 6.92 Å². The average molecular weight is 241 g/mol. The summed E-state index contributed by atoms with van der Waals surface area (Å²) in [5.74, 6) is 1.03. The Bertz CT molecular complexity index is 345. The van der Waals surface area contributed by atoms with Crippen molar-refractivity contribution in [3.05, 3.63) is 0 Å². The lowest BCUT2D eigenvalue weighted by Crippen LogP contribution is -2.16. The summed E-state index contributed by atoms with van der Waals surface area (Å²) in [7, 11) is 5.47. The molecule has 0 bridgehead atoms. The van der Waals surface area contributed by atoms with Crippen molar-refractivity contribution in [3.63, 3.8) is 0 Å². The van der Waals surface area contributed by atoms with E-state index in [-0.39, 0.29) is 0 Å². The van der Waals surface area contributed by atoms with Gasteiger partial charge in [0.1, 0.15) is 6.61 Å². The highest BCUT2D eigenvalue weighted by atomic mass is 16.5. The van der Waals surface area contributed by atoms with Crippen LogP contribution in [-0.4, -0.2) is 55.9 Å². The maximum atomic E-state index is 5.39. The average Bonchev–Trinajstić information content (AvgIpc) is 2.34. The summed E-state index contributed by atoms with van der Waals surface area (Å²) in [6, 6.07) is 0.299. The van der Waals surface area contributed by atoms with Gasteiger partial charge in [0.2, 0.25) is 11.9 Å². The summed E-state index contributed by atoms with van der Waals surface area (Å²) >= 11 is 0. The highest BCUT2D eigenvalue weighted by Crippen LogP contribution is 2.12. The Balaban J connectivity index is 2.66. The van der Waals surface area contributed by atoms with Crippen LogP contribution in [0.5, 0.6) is 6.01 Å². The fraction of sp³-hybridized carbons (Fsp3) is 0.700. The van der Waals surface area contributed by atoms with Gasteiger partial charge < -0.3 is 19.7 Å². The SMILES string of the molecule is CCOCCOc1nc(NC)nc(N(C)C)n1. The van der Waals surface area contributed by atoms with E-state index in [0.717, 1.165) is 0 Å².